The van der Waals surface area contributed by atoms with Crippen molar-refractivity contribution >= 4 is 11.6 Å². The van der Waals surface area contributed by atoms with Crippen LogP contribution in [0.2, 0.25) is 0 Å². The van der Waals surface area contributed by atoms with Crippen LogP contribution in [0.25, 0.3) is 0 Å². The first kappa shape index (κ1) is 8.99. The summed E-state index contributed by atoms with van der Waals surface area (Å²) >= 11 is 5.43. The van der Waals surface area contributed by atoms with Gasteiger partial charge in [-0.3, -0.25) is 0 Å². The van der Waals surface area contributed by atoms with Crippen molar-refractivity contribution in [3.8, 4) is 0 Å². The van der Waals surface area contributed by atoms with E-state index in [1.807, 2.05) is 6.08 Å². The molecule has 1 N–H and O–H groups in total. The molecule has 0 aliphatic carbocycles. The van der Waals surface area contributed by atoms with Crippen molar-refractivity contribution < 1.29 is 5.11 Å². The van der Waals surface area contributed by atoms with Crippen molar-refractivity contribution in [2.45, 2.75) is 19.3 Å². The number of rotatable bonds is 5. The van der Waals surface area contributed by atoms with Crippen molar-refractivity contribution in [2.75, 3.05) is 12.5 Å². The summed E-state index contributed by atoms with van der Waals surface area (Å²) in [5, 5.41) is 8.35. The quantitative estimate of drug-likeness (QED) is 0.359. The third kappa shape index (κ3) is 7.99. The molecule has 0 aliphatic heterocycles. The average molecular weight is 149 g/mol. The van der Waals surface area contributed by atoms with Crippen LogP contribution in [-0.2, 0) is 0 Å². The summed E-state index contributed by atoms with van der Waals surface area (Å²) in [4.78, 5) is 0. The van der Waals surface area contributed by atoms with Crippen molar-refractivity contribution in [3.05, 3.63) is 12.2 Å². The highest BCUT2D eigenvalue weighted by Crippen LogP contribution is 1.93. The van der Waals surface area contributed by atoms with Gasteiger partial charge in [0.05, 0.1) is 0 Å². The number of alkyl halides is 1. The normalized spacial score (nSPS) is 10.9. The van der Waals surface area contributed by atoms with E-state index in [1.54, 1.807) is 0 Å². The first-order chi connectivity index (χ1) is 4.41. The Bertz CT molecular complexity index is 71.3. The maximum Gasteiger partial charge on any atom is 0.0465 e. The van der Waals surface area contributed by atoms with Gasteiger partial charge in [-0.2, -0.15) is 0 Å². The summed E-state index contributed by atoms with van der Waals surface area (Å²) in [6.07, 6.45) is 6.86. The zero-order valence-electron chi connectivity index (χ0n) is 5.52. The van der Waals surface area contributed by atoms with Crippen LogP contribution >= 0.6 is 11.6 Å². The zero-order valence-corrected chi connectivity index (χ0v) is 6.27. The molecule has 0 atom stereocenters. The number of aliphatic hydroxyl groups is 1. The van der Waals surface area contributed by atoms with Crippen LogP contribution in [0.1, 0.15) is 19.3 Å². The van der Waals surface area contributed by atoms with Gasteiger partial charge in [0.15, 0.2) is 0 Å². The van der Waals surface area contributed by atoms with Gasteiger partial charge in [-0.15, -0.1) is 11.6 Å². The molecule has 0 saturated heterocycles. The van der Waals surface area contributed by atoms with Crippen LogP contribution < -0.4 is 0 Å². The number of hydrogen-bond donors (Lipinski definition) is 1. The van der Waals surface area contributed by atoms with Gasteiger partial charge in [0.2, 0.25) is 0 Å². The molecule has 0 bridgehead atoms. The van der Waals surface area contributed by atoms with Crippen LogP contribution in [0.3, 0.4) is 0 Å². The van der Waals surface area contributed by atoms with Crippen LogP contribution in [0.5, 0.6) is 0 Å². The van der Waals surface area contributed by atoms with Gasteiger partial charge >= 0.3 is 0 Å². The predicted molar refractivity (Wildman–Crippen MR) is 40.8 cm³/mol. The summed E-state index contributed by atoms with van der Waals surface area (Å²) in [5.74, 6) is 0.726. The van der Waals surface area contributed by atoms with Gasteiger partial charge in [0.1, 0.15) is 0 Å². The van der Waals surface area contributed by atoms with Gasteiger partial charge in [0, 0.05) is 12.5 Å². The molecule has 0 unspecified atom stereocenters. The lowest BCUT2D eigenvalue weighted by Gasteiger charge is -1.86. The van der Waals surface area contributed by atoms with E-state index in [0.29, 0.717) is 0 Å². The molecule has 0 aromatic heterocycles. The minimum atomic E-state index is 0.247. The summed E-state index contributed by atoms with van der Waals surface area (Å²) in [6.45, 7) is 0.247. The van der Waals surface area contributed by atoms with E-state index in [1.165, 1.54) is 0 Å². The molecule has 0 aliphatic rings. The van der Waals surface area contributed by atoms with E-state index >= 15 is 0 Å². The molecule has 0 fully saturated rings. The van der Waals surface area contributed by atoms with E-state index in [9.17, 15) is 0 Å². The first-order valence-corrected chi connectivity index (χ1v) is 3.77. The lowest BCUT2D eigenvalue weighted by Crippen LogP contribution is -1.76. The predicted octanol–water partition coefficient (Wildman–Crippen LogP) is 1.94. The molecule has 0 rings (SSSR count). The monoisotopic (exact) mass is 148 g/mol. The number of allylic oxidation sites excluding steroid dienone is 1. The molecular weight excluding hydrogens is 136 g/mol. The first-order valence-electron chi connectivity index (χ1n) is 3.23. The fourth-order valence-electron chi connectivity index (χ4n) is 0.505. The van der Waals surface area contributed by atoms with Crippen LogP contribution in [0.4, 0.5) is 0 Å². The molecule has 1 nitrogen and oxygen atoms in total. The summed E-state index contributed by atoms with van der Waals surface area (Å²) < 4.78 is 0. The lowest BCUT2D eigenvalue weighted by molar-refractivity contribution is 0.302. The van der Waals surface area contributed by atoms with E-state index in [2.05, 4.69) is 6.08 Å². The second-order valence-electron chi connectivity index (χ2n) is 1.81. The fourth-order valence-corrected chi connectivity index (χ4v) is 0.660. The van der Waals surface area contributed by atoms with Gasteiger partial charge in [0.25, 0.3) is 0 Å². The topological polar surface area (TPSA) is 20.2 Å². The Morgan fingerprint density at radius 2 is 1.89 bits per heavy atom. The zero-order chi connectivity index (χ0) is 6.95. The molecule has 0 spiro atoms. The molecule has 2 heteroatoms. The largest absolute Gasteiger partial charge is 0.396 e. The molecule has 54 valence electrons. The molecule has 0 heterocycles. The standard InChI is InChI=1S/C7H13ClO/c8-6-4-2-1-3-5-7-9/h1,3,9H,2,4-7H2/b3-1+. The van der Waals surface area contributed by atoms with E-state index in [4.69, 9.17) is 16.7 Å². The Kier molecular flexibility index (Phi) is 7.98. The van der Waals surface area contributed by atoms with Crippen LogP contribution in [0.15, 0.2) is 12.2 Å². The Morgan fingerprint density at radius 1 is 1.22 bits per heavy atom. The molecule has 0 aromatic carbocycles. The summed E-state index contributed by atoms with van der Waals surface area (Å²) in [5.41, 5.74) is 0. The second-order valence-corrected chi connectivity index (χ2v) is 2.19. The summed E-state index contributed by atoms with van der Waals surface area (Å²) in [7, 11) is 0. The number of halogens is 1. The van der Waals surface area contributed by atoms with Crippen molar-refractivity contribution in [3.63, 3.8) is 0 Å². The Balaban J connectivity index is 2.86. The molecule has 9 heavy (non-hydrogen) atoms. The highest BCUT2D eigenvalue weighted by molar-refractivity contribution is 6.17. The molecule has 0 amide bonds. The third-order valence-corrected chi connectivity index (χ3v) is 1.23. The van der Waals surface area contributed by atoms with Crippen molar-refractivity contribution in [1.82, 2.24) is 0 Å². The van der Waals surface area contributed by atoms with Crippen molar-refractivity contribution in [1.29, 1.82) is 0 Å². The SMILES string of the molecule is OCC/C=C/CCCCl. The Hall–Kier alpha value is -0.0100. The molecular formula is C7H13ClO. The smallest absolute Gasteiger partial charge is 0.0465 e. The summed E-state index contributed by atoms with van der Waals surface area (Å²) in [6, 6.07) is 0. The van der Waals surface area contributed by atoms with Gasteiger partial charge in [-0.05, 0) is 19.3 Å². The number of aliphatic hydroxyl groups excluding tert-OH is 1. The highest BCUT2D eigenvalue weighted by Gasteiger charge is 1.77. The highest BCUT2D eigenvalue weighted by atomic mass is 35.5. The molecule has 0 aromatic rings. The van der Waals surface area contributed by atoms with Gasteiger partial charge in [-0.1, -0.05) is 12.2 Å². The second kappa shape index (κ2) is 7.99. The Labute approximate surface area is 61.3 Å². The lowest BCUT2D eigenvalue weighted by atomic mass is 10.3. The van der Waals surface area contributed by atoms with Gasteiger partial charge in [-0.25, -0.2) is 0 Å². The maximum atomic E-state index is 8.35. The van der Waals surface area contributed by atoms with E-state index in [0.717, 1.165) is 25.1 Å². The average Bonchev–Trinajstić information content (AvgIpc) is 1.89. The molecule has 0 radical (unpaired) electrons. The minimum Gasteiger partial charge on any atom is -0.396 e. The third-order valence-electron chi connectivity index (χ3n) is 0.967. The number of hydrogen-bond acceptors (Lipinski definition) is 1. The van der Waals surface area contributed by atoms with Crippen LogP contribution in [0, 0.1) is 0 Å². The molecule has 0 saturated carbocycles. The Morgan fingerprint density at radius 3 is 2.44 bits per heavy atom. The fraction of sp³-hybridized carbons (Fsp3) is 0.714. The van der Waals surface area contributed by atoms with E-state index in [-0.39, 0.29) is 6.61 Å². The maximum absolute atomic E-state index is 8.35. The minimum absolute atomic E-state index is 0.247. The van der Waals surface area contributed by atoms with E-state index < -0.39 is 0 Å². The van der Waals surface area contributed by atoms with Gasteiger partial charge < -0.3 is 5.11 Å². The van der Waals surface area contributed by atoms with Crippen LogP contribution in [-0.4, -0.2) is 17.6 Å². The number of unbranched alkanes of at least 4 members (excludes halogenated alkanes) is 1. The van der Waals surface area contributed by atoms with Crippen molar-refractivity contribution in [2.24, 2.45) is 0 Å².